The predicted molar refractivity (Wildman–Crippen MR) is 151 cm³/mol. The van der Waals surface area contributed by atoms with E-state index in [-0.39, 0.29) is 5.97 Å². The molecule has 0 spiro atoms. The smallest absolute Gasteiger partial charge is 0.311 e. The highest BCUT2D eigenvalue weighted by molar-refractivity contribution is 7.80. The number of hydrogen-bond acceptors (Lipinski definition) is 3. The average Bonchev–Trinajstić information content (AvgIpc) is 2.92. The Balaban J connectivity index is 1.85. The lowest BCUT2D eigenvalue weighted by Gasteiger charge is -2.34. The number of benzene rings is 4. The van der Waals surface area contributed by atoms with Crippen LogP contribution < -0.4 is 4.74 Å². The largest absolute Gasteiger partial charge is 0.425 e. The highest BCUT2D eigenvalue weighted by atomic mass is 32.1. The molecule has 0 amide bonds. The van der Waals surface area contributed by atoms with Crippen molar-refractivity contribution in [2.24, 2.45) is 0 Å². The van der Waals surface area contributed by atoms with Gasteiger partial charge >= 0.3 is 5.97 Å². The number of thiol groups is 1. The molecule has 0 fully saturated rings. The van der Waals surface area contributed by atoms with Crippen LogP contribution in [0.15, 0.2) is 108 Å². The Labute approximate surface area is 220 Å². The van der Waals surface area contributed by atoms with Crippen LogP contribution in [0.2, 0.25) is 0 Å². The van der Waals surface area contributed by atoms with Crippen LogP contribution in [-0.4, -0.2) is 5.97 Å². The van der Waals surface area contributed by atoms with Gasteiger partial charge < -0.3 is 4.74 Å². The Morgan fingerprint density at radius 3 is 1.89 bits per heavy atom. The maximum absolute atomic E-state index is 12.7. The molecule has 0 atom stereocenters. The number of aryl methyl sites for hydroxylation is 1. The van der Waals surface area contributed by atoms with Crippen LogP contribution in [0.3, 0.4) is 0 Å². The number of ether oxygens (including phenoxy) is 1. The Morgan fingerprint density at radius 2 is 1.33 bits per heavy atom. The first-order valence-electron chi connectivity index (χ1n) is 12.7. The maximum Gasteiger partial charge on any atom is 0.311 e. The summed E-state index contributed by atoms with van der Waals surface area (Å²) in [6.45, 7) is 4.26. The fourth-order valence-corrected chi connectivity index (χ4v) is 5.20. The monoisotopic (exact) mass is 494 g/mol. The first-order chi connectivity index (χ1) is 17.5. The van der Waals surface area contributed by atoms with E-state index in [2.05, 4.69) is 85.8 Å². The zero-order chi connectivity index (χ0) is 25.4. The van der Waals surface area contributed by atoms with E-state index in [9.17, 15) is 4.79 Å². The molecule has 0 saturated carbocycles. The second kappa shape index (κ2) is 12.1. The second-order valence-corrected chi connectivity index (χ2v) is 9.84. The molecule has 0 aromatic heterocycles. The van der Waals surface area contributed by atoms with E-state index in [0.29, 0.717) is 17.1 Å². The number of hydrogen-bond donors (Lipinski definition) is 1. The summed E-state index contributed by atoms with van der Waals surface area (Å²) in [4.78, 5) is 13.4. The van der Waals surface area contributed by atoms with E-state index in [4.69, 9.17) is 17.4 Å². The second-order valence-electron chi connectivity index (χ2n) is 9.36. The number of esters is 1. The summed E-state index contributed by atoms with van der Waals surface area (Å²) in [6, 6.07) is 35.8. The highest BCUT2D eigenvalue weighted by Crippen LogP contribution is 2.44. The van der Waals surface area contributed by atoms with Gasteiger partial charge in [-0.25, -0.2) is 0 Å². The van der Waals surface area contributed by atoms with Crippen LogP contribution in [0, 0.1) is 0 Å². The summed E-state index contributed by atoms with van der Waals surface area (Å²) in [5.74, 6) is 0.385. The molecule has 0 saturated heterocycles. The number of rotatable bonds is 10. The molecule has 2 nitrogen and oxygen atoms in total. The number of carbonyl (C=O) groups is 1. The molecule has 0 N–H and O–H groups in total. The van der Waals surface area contributed by atoms with Crippen molar-refractivity contribution in [1.29, 1.82) is 0 Å². The van der Waals surface area contributed by atoms with Gasteiger partial charge in [-0.2, -0.15) is 0 Å². The molecule has 0 bridgehead atoms. The molecule has 4 aromatic rings. The summed E-state index contributed by atoms with van der Waals surface area (Å²) < 4.78 is 6.01. The van der Waals surface area contributed by atoms with Crippen molar-refractivity contribution < 1.29 is 9.53 Å². The lowest BCUT2D eigenvalue weighted by molar-refractivity contribution is -0.134. The maximum atomic E-state index is 12.7. The number of carbonyl (C=O) groups excluding carboxylic acids is 1. The molecular formula is C33H34O2S. The lowest BCUT2D eigenvalue weighted by Crippen LogP contribution is -2.27. The topological polar surface area (TPSA) is 26.3 Å². The molecular weight excluding hydrogens is 460 g/mol. The summed E-state index contributed by atoms with van der Waals surface area (Å²) >= 11 is 4.74. The SMILES string of the molecule is CCCC(=O)Oc1c(S)ccc(C(C)(c2ccccc2)c2ccccc2)c1CCCc1ccccc1. The van der Waals surface area contributed by atoms with Crippen molar-refractivity contribution >= 4 is 18.6 Å². The third-order valence-corrected chi connectivity index (χ3v) is 7.24. The van der Waals surface area contributed by atoms with Crippen LogP contribution in [0.25, 0.3) is 0 Å². The standard InChI is InChI=1S/C33H34O2S/c1-3-14-31(34)35-32-28(22-13-17-25-15-7-4-8-16-25)29(23-24-30(32)36)33(2,26-18-9-5-10-19-26)27-20-11-6-12-21-27/h4-12,15-16,18-21,23-24,36H,3,13-14,17,22H2,1-2H3. The van der Waals surface area contributed by atoms with E-state index in [1.165, 1.54) is 16.7 Å². The molecule has 3 heteroatoms. The van der Waals surface area contributed by atoms with Crippen molar-refractivity contribution in [1.82, 2.24) is 0 Å². The van der Waals surface area contributed by atoms with E-state index in [1.54, 1.807) is 0 Å². The van der Waals surface area contributed by atoms with Gasteiger partial charge in [0.25, 0.3) is 0 Å². The first-order valence-corrected chi connectivity index (χ1v) is 13.2. The predicted octanol–water partition coefficient (Wildman–Crippen LogP) is 8.21. The van der Waals surface area contributed by atoms with Crippen LogP contribution >= 0.6 is 12.6 Å². The Kier molecular flexibility index (Phi) is 8.66. The zero-order valence-electron chi connectivity index (χ0n) is 21.1. The van der Waals surface area contributed by atoms with Gasteiger partial charge in [0.15, 0.2) is 0 Å². The Hall–Kier alpha value is -3.30. The zero-order valence-corrected chi connectivity index (χ0v) is 22.0. The molecule has 0 aliphatic carbocycles. The van der Waals surface area contributed by atoms with Gasteiger partial charge in [0.05, 0.1) is 0 Å². The lowest BCUT2D eigenvalue weighted by atomic mass is 9.69. The molecule has 4 aromatic carbocycles. The fraction of sp³-hybridized carbons (Fsp3) is 0.242. The summed E-state index contributed by atoms with van der Waals surface area (Å²) in [5.41, 5.74) is 5.46. The normalized spacial score (nSPS) is 11.3. The van der Waals surface area contributed by atoms with Gasteiger partial charge in [-0.3, -0.25) is 4.79 Å². The van der Waals surface area contributed by atoms with Gasteiger partial charge in [0, 0.05) is 22.3 Å². The van der Waals surface area contributed by atoms with Crippen LogP contribution in [0.5, 0.6) is 5.75 Å². The van der Waals surface area contributed by atoms with Gasteiger partial charge in [-0.05, 0) is 60.9 Å². The van der Waals surface area contributed by atoms with Crippen molar-refractivity contribution in [3.05, 3.63) is 131 Å². The summed E-state index contributed by atoms with van der Waals surface area (Å²) in [6.07, 6.45) is 3.80. The Bertz CT molecular complexity index is 1230. The van der Waals surface area contributed by atoms with E-state index >= 15 is 0 Å². The van der Waals surface area contributed by atoms with E-state index in [0.717, 1.165) is 36.8 Å². The summed E-state index contributed by atoms with van der Waals surface area (Å²) in [5, 5.41) is 0. The van der Waals surface area contributed by atoms with Crippen molar-refractivity contribution in [2.45, 2.75) is 56.3 Å². The third-order valence-electron chi connectivity index (χ3n) is 6.89. The molecule has 0 aliphatic heterocycles. The van der Waals surface area contributed by atoms with E-state index in [1.807, 2.05) is 31.2 Å². The molecule has 4 rings (SSSR count). The minimum Gasteiger partial charge on any atom is -0.425 e. The first kappa shape index (κ1) is 25.8. The van der Waals surface area contributed by atoms with Crippen LogP contribution in [-0.2, 0) is 23.1 Å². The van der Waals surface area contributed by atoms with Gasteiger partial charge in [0.2, 0.25) is 0 Å². The Morgan fingerprint density at radius 1 is 0.778 bits per heavy atom. The molecule has 0 radical (unpaired) electrons. The van der Waals surface area contributed by atoms with Crippen molar-refractivity contribution in [2.75, 3.05) is 0 Å². The van der Waals surface area contributed by atoms with Gasteiger partial charge in [-0.1, -0.05) is 104 Å². The molecule has 0 heterocycles. The fourth-order valence-electron chi connectivity index (χ4n) is 4.95. The van der Waals surface area contributed by atoms with Gasteiger partial charge in [0.1, 0.15) is 5.75 Å². The van der Waals surface area contributed by atoms with Crippen molar-refractivity contribution in [3.8, 4) is 5.75 Å². The molecule has 184 valence electrons. The highest BCUT2D eigenvalue weighted by Gasteiger charge is 2.34. The van der Waals surface area contributed by atoms with Crippen LogP contribution in [0.4, 0.5) is 0 Å². The molecule has 0 unspecified atom stereocenters. The quantitative estimate of drug-likeness (QED) is 0.104. The average molecular weight is 495 g/mol. The summed E-state index contributed by atoms with van der Waals surface area (Å²) in [7, 11) is 0. The third kappa shape index (κ3) is 5.74. The van der Waals surface area contributed by atoms with Crippen molar-refractivity contribution in [3.63, 3.8) is 0 Å². The molecule has 36 heavy (non-hydrogen) atoms. The molecule has 0 aliphatic rings. The van der Waals surface area contributed by atoms with E-state index < -0.39 is 5.41 Å². The minimum absolute atomic E-state index is 0.213. The van der Waals surface area contributed by atoms with Crippen LogP contribution in [0.1, 0.15) is 60.9 Å². The minimum atomic E-state index is -0.433. The van der Waals surface area contributed by atoms with Gasteiger partial charge in [-0.15, -0.1) is 12.6 Å².